The number of carbonyl (C=O) groups is 1. The number of carbonyl (C=O) groups excluding carboxylic acids is 1. The summed E-state index contributed by atoms with van der Waals surface area (Å²) in [6.45, 7) is 9.53. The number of hydrogen-bond donors (Lipinski definition) is 1. The number of amides is 1. The molecule has 2 rings (SSSR count). The maximum Gasteiger partial charge on any atom is 0.410 e. The largest absolute Gasteiger partial charge is 0.468 e. The van der Waals surface area contributed by atoms with Gasteiger partial charge in [-0.1, -0.05) is 6.92 Å². The molecule has 1 aliphatic heterocycles. The third-order valence-corrected chi connectivity index (χ3v) is 4.17. The first-order valence-electron chi connectivity index (χ1n) is 8.67. The van der Waals surface area contributed by atoms with Crippen LogP contribution >= 0.6 is 0 Å². The fourth-order valence-corrected chi connectivity index (χ4v) is 3.06. The molecule has 1 saturated heterocycles. The Bertz CT molecular complexity index is 479. The van der Waals surface area contributed by atoms with Crippen LogP contribution in [0.15, 0.2) is 22.8 Å². The van der Waals surface area contributed by atoms with Gasteiger partial charge in [0.1, 0.15) is 11.4 Å². The average molecular weight is 322 g/mol. The molecule has 2 unspecified atom stereocenters. The van der Waals surface area contributed by atoms with Crippen molar-refractivity contribution in [3.8, 4) is 0 Å². The van der Waals surface area contributed by atoms with Crippen LogP contribution in [0.3, 0.4) is 0 Å². The van der Waals surface area contributed by atoms with Crippen molar-refractivity contribution >= 4 is 6.09 Å². The highest BCUT2D eigenvalue weighted by Crippen LogP contribution is 2.23. The minimum absolute atomic E-state index is 0.182. The Hall–Kier alpha value is -1.49. The predicted octanol–water partition coefficient (Wildman–Crippen LogP) is 4.11. The van der Waals surface area contributed by atoms with Gasteiger partial charge in [-0.05, 0) is 65.1 Å². The molecule has 5 heteroatoms. The van der Waals surface area contributed by atoms with Gasteiger partial charge in [-0.3, -0.25) is 0 Å². The topological polar surface area (TPSA) is 54.7 Å². The first-order chi connectivity index (χ1) is 10.9. The van der Waals surface area contributed by atoms with Gasteiger partial charge in [0.05, 0.1) is 12.3 Å². The summed E-state index contributed by atoms with van der Waals surface area (Å²) in [6.07, 6.45) is 5.56. The summed E-state index contributed by atoms with van der Waals surface area (Å²) in [6, 6.07) is 4.43. The van der Waals surface area contributed by atoms with Crippen LogP contribution in [0, 0.1) is 0 Å². The monoisotopic (exact) mass is 322 g/mol. The average Bonchev–Trinajstić information content (AvgIpc) is 3.13. The van der Waals surface area contributed by atoms with Crippen LogP contribution in [0.4, 0.5) is 4.79 Å². The lowest BCUT2D eigenvalue weighted by molar-refractivity contribution is 0.0220. The van der Waals surface area contributed by atoms with Crippen molar-refractivity contribution in [2.24, 2.45) is 0 Å². The molecule has 1 fully saturated rings. The number of likely N-dealkylation sites (tertiary alicyclic amines) is 1. The smallest absolute Gasteiger partial charge is 0.410 e. The molecule has 0 spiro atoms. The Morgan fingerprint density at radius 3 is 2.91 bits per heavy atom. The normalized spacial score (nSPS) is 19.8. The zero-order chi connectivity index (χ0) is 16.9. The second-order valence-electron chi connectivity index (χ2n) is 7.19. The van der Waals surface area contributed by atoms with Crippen molar-refractivity contribution in [2.75, 3.05) is 13.1 Å². The lowest BCUT2D eigenvalue weighted by Gasteiger charge is -2.29. The Kier molecular flexibility index (Phi) is 6.10. The van der Waals surface area contributed by atoms with Crippen LogP contribution in [0.25, 0.3) is 0 Å². The van der Waals surface area contributed by atoms with Gasteiger partial charge in [-0.15, -0.1) is 0 Å². The van der Waals surface area contributed by atoms with Crippen LogP contribution in [-0.4, -0.2) is 35.7 Å². The SMILES string of the molecule is CCC(NCCC1CCCN1C(=O)OC(C)(C)C)c1ccco1. The summed E-state index contributed by atoms with van der Waals surface area (Å²) in [7, 11) is 0. The molecular weight excluding hydrogens is 292 g/mol. The summed E-state index contributed by atoms with van der Waals surface area (Å²) in [5.41, 5.74) is -0.435. The van der Waals surface area contributed by atoms with E-state index in [-0.39, 0.29) is 18.2 Å². The van der Waals surface area contributed by atoms with E-state index in [1.165, 1.54) is 0 Å². The summed E-state index contributed by atoms with van der Waals surface area (Å²) >= 11 is 0. The number of nitrogens with zero attached hydrogens (tertiary/aromatic N) is 1. The molecule has 1 aromatic rings. The number of ether oxygens (including phenoxy) is 1. The molecule has 0 bridgehead atoms. The molecule has 5 nitrogen and oxygen atoms in total. The van der Waals surface area contributed by atoms with Crippen molar-refractivity contribution < 1.29 is 13.9 Å². The van der Waals surface area contributed by atoms with Gasteiger partial charge in [0.2, 0.25) is 0 Å². The van der Waals surface area contributed by atoms with Gasteiger partial charge in [-0.25, -0.2) is 4.79 Å². The Morgan fingerprint density at radius 2 is 2.30 bits per heavy atom. The summed E-state index contributed by atoms with van der Waals surface area (Å²) in [5.74, 6) is 0.975. The van der Waals surface area contributed by atoms with Crippen molar-refractivity contribution in [1.82, 2.24) is 10.2 Å². The highest BCUT2D eigenvalue weighted by molar-refractivity contribution is 5.68. The van der Waals surface area contributed by atoms with Gasteiger partial charge in [0, 0.05) is 12.6 Å². The van der Waals surface area contributed by atoms with E-state index in [1.807, 2.05) is 37.8 Å². The number of furan rings is 1. The quantitative estimate of drug-likeness (QED) is 0.856. The van der Waals surface area contributed by atoms with E-state index in [9.17, 15) is 4.79 Å². The Morgan fingerprint density at radius 1 is 1.52 bits per heavy atom. The molecule has 2 heterocycles. The van der Waals surface area contributed by atoms with E-state index >= 15 is 0 Å². The number of hydrogen-bond acceptors (Lipinski definition) is 4. The van der Waals surface area contributed by atoms with E-state index in [0.29, 0.717) is 0 Å². The summed E-state index contributed by atoms with van der Waals surface area (Å²) in [5, 5.41) is 3.53. The molecule has 0 aromatic carbocycles. The molecule has 0 radical (unpaired) electrons. The molecular formula is C18H30N2O3. The maximum atomic E-state index is 12.3. The number of rotatable bonds is 6. The minimum atomic E-state index is -0.435. The van der Waals surface area contributed by atoms with Crippen molar-refractivity contribution in [3.63, 3.8) is 0 Å². The van der Waals surface area contributed by atoms with Crippen molar-refractivity contribution in [2.45, 2.75) is 71.1 Å². The first kappa shape index (κ1) is 17.9. The highest BCUT2D eigenvalue weighted by atomic mass is 16.6. The maximum absolute atomic E-state index is 12.3. The zero-order valence-corrected chi connectivity index (χ0v) is 14.8. The summed E-state index contributed by atoms with van der Waals surface area (Å²) in [4.78, 5) is 14.2. The van der Waals surface area contributed by atoms with Gasteiger partial charge >= 0.3 is 6.09 Å². The molecule has 23 heavy (non-hydrogen) atoms. The summed E-state index contributed by atoms with van der Waals surface area (Å²) < 4.78 is 11.0. The van der Waals surface area contributed by atoms with Gasteiger partial charge in [0.15, 0.2) is 0 Å². The third kappa shape index (κ3) is 5.27. The molecule has 0 aliphatic carbocycles. The second kappa shape index (κ2) is 7.86. The fraction of sp³-hybridized carbons (Fsp3) is 0.722. The van der Waals surface area contributed by atoms with Crippen molar-refractivity contribution in [1.29, 1.82) is 0 Å². The molecule has 1 amide bonds. The minimum Gasteiger partial charge on any atom is -0.468 e. The van der Waals surface area contributed by atoms with Gasteiger partial charge < -0.3 is 19.4 Å². The Balaban J connectivity index is 1.81. The van der Waals surface area contributed by atoms with E-state index in [0.717, 1.165) is 44.5 Å². The van der Waals surface area contributed by atoms with E-state index in [2.05, 4.69) is 12.2 Å². The lowest BCUT2D eigenvalue weighted by atomic mass is 10.1. The second-order valence-corrected chi connectivity index (χ2v) is 7.19. The number of nitrogens with one attached hydrogen (secondary N) is 1. The zero-order valence-electron chi connectivity index (χ0n) is 14.8. The molecule has 0 saturated carbocycles. The van der Waals surface area contributed by atoms with E-state index in [1.54, 1.807) is 6.26 Å². The first-order valence-corrected chi connectivity index (χ1v) is 8.67. The molecule has 130 valence electrons. The highest BCUT2D eigenvalue weighted by Gasteiger charge is 2.31. The molecule has 1 aliphatic rings. The fourth-order valence-electron chi connectivity index (χ4n) is 3.06. The molecule has 2 atom stereocenters. The van der Waals surface area contributed by atoms with Crippen LogP contribution in [0.1, 0.15) is 65.2 Å². The van der Waals surface area contributed by atoms with Crippen LogP contribution < -0.4 is 5.32 Å². The lowest BCUT2D eigenvalue weighted by Crippen LogP contribution is -2.41. The Labute approximate surface area is 139 Å². The van der Waals surface area contributed by atoms with Gasteiger partial charge in [-0.2, -0.15) is 0 Å². The molecule has 1 aromatic heterocycles. The van der Waals surface area contributed by atoms with Crippen LogP contribution in [0.2, 0.25) is 0 Å². The third-order valence-electron chi connectivity index (χ3n) is 4.17. The van der Waals surface area contributed by atoms with E-state index in [4.69, 9.17) is 9.15 Å². The van der Waals surface area contributed by atoms with Crippen LogP contribution in [-0.2, 0) is 4.74 Å². The van der Waals surface area contributed by atoms with E-state index < -0.39 is 5.60 Å². The molecule has 1 N–H and O–H groups in total. The standard InChI is InChI=1S/C18H30N2O3/c1-5-15(16-9-7-13-22-16)19-11-10-14-8-6-12-20(14)17(21)23-18(2,3)4/h7,9,13-15,19H,5-6,8,10-12H2,1-4H3. The van der Waals surface area contributed by atoms with Crippen LogP contribution in [0.5, 0.6) is 0 Å². The van der Waals surface area contributed by atoms with Crippen molar-refractivity contribution in [3.05, 3.63) is 24.2 Å². The predicted molar refractivity (Wildman–Crippen MR) is 90.3 cm³/mol. The van der Waals surface area contributed by atoms with Gasteiger partial charge in [0.25, 0.3) is 0 Å².